The van der Waals surface area contributed by atoms with Crippen LogP contribution in [0.5, 0.6) is 0 Å². The van der Waals surface area contributed by atoms with E-state index in [1.807, 2.05) is 4.90 Å². The second kappa shape index (κ2) is 6.21. The van der Waals surface area contributed by atoms with Gasteiger partial charge in [-0.2, -0.15) is 0 Å². The maximum atomic E-state index is 13.9. The molecule has 1 aromatic carbocycles. The molecule has 2 rings (SSSR count). The summed E-state index contributed by atoms with van der Waals surface area (Å²) in [5.74, 6) is -2.55. The predicted molar refractivity (Wildman–Crippen MR) is 68.3 cm³/mol. The topological polar surface area (TPSA) is 15.3 Å². The number of piperazine rings is 1. The molecule has 0 aromatic heterocycles. The number of halogens is 3. The molecule has 1 fully saturated rings. The zero-order chi connectivity index (χ0) is 13.8. The Kier molecular flexibility index (Phi) is 4.61. The Balaban J connectivity index is 2.35. The molecule has 0 radical (unpaired) electrons. The lowest BCUT2D eigenvalue weighted by Crippen LogP contribution is -2.45. The van der Waals surface area contributed by atoms with Gasteiger partial charge in [-0.15, -0.1) is 6.58 Å². The van der Waals surface area contributed by atoms with E-state index in [-0.39, 0.29) is 5.56 Å². The smallest absolute Gasteiger partial charge is 0.133 e. The Morgan fingerprint density at radius 1 is 1.21 bits per heavy atom. The number of nitrogens with one attached hydrogen (secondary N) is 1. The third-order valence-electron chi connectivity index (χ3n) is 3.36. The maximum Gasteiger partial charge on any atom is 0.133 e. The number of hydrogen-bond acceptors (Lipinski definition) is 2. The zero-order valence-corrected chi connectivity index (χ0v) is 10.6. The molecule has 1 heterocycles. The van der Waals surface area contributed by atoms with E-state index in [9.17, 15) is 13.2 Å². The van der Waals surface area contributed by atoms with Crippen LogP contribution >= 0.6 is 0 Å². The van der Waals surface area contributed by atoms with Gasteiger partial charge in [0.1, 0.15) is 17.5 Å². The fraction of sp³-hybridized carbons (Fsp3) is 0.429. The zero-order valence-electron chi connectivity index (χ0n) is 10.6. The molecule has 0 bridgehead atoms. The first kappa shape index (κ1) is 14.1. The number of rotatable bonds is 4. The highest BCUT2D eigenvalue weighted by Crippen LogP contribution is 2.30. The van der Waals surface area contributed by atoms with Crippen molar-refractivity contribution in [3.63, 3.8) is 0 Å². The minimum Gasteiger partial charge on any atom is -0.314 e. The van der Waals surface area contributed by atoms with Gasteiger partial charge >= 0.3 is 0 Å². The normalized spacial score (nSPS) is 18.3. The lowest BCUT2D eigenvalue weighted by molar-refractivity contribution is 0.167. The van der Waals surface area contributed by atoms with E-state index in [2.05, 4.69) is 11.9 Å². The van der Waals surface area contributed by atoms with E-state index < -0.39 is 23.5 Å². The first-order valence-electron chi connectivity index (χ1n) is 6.33. The summed E-state index contributed by atoms with van der Waals surface area (Å²) >= 11 is 0. The monoisotopic (exact) mass is 270 g/mol. The SMILES string of the molecule is C=CC[C@H](c1c(F)cc(F)cc1F)N1CCNCC1. The van der Waals surface area contributed by atoms with Crippen molar-refractivity contribution in [2.75, 3.05) is 26.2 Å². The number of nitrogens with zero attached hydrogens (tertiary/aromatic N) is 1. The molecule has 1 saturated heterocycles. The summed E-state index contributed by atoms with van der Waals surface area (Å²) in [6.07, 6.45) is 2.06. The average Bonchev–Trinajstić information content (AvgIpc) is 2.37. The maximum absolute atomic E-state index is 13.9. The standard InChI is InChI=1S/C14H17F3N2/c1-2-3-13(19-6-4-18-5-7-19)14-11(16)8-10(15)9-12(14)17/h2,8-9,13,18H,1,3-7H2/t13-/m1/s1. The second-order valence-electron chi connectivity index (χ2n) is 4.61. The molecule has 0 saturated carbocycles. The molecular formula is C14H17F3N2. The van der Waals surface area contributed by atoms with Crippen LogP contribution in [0.3, 0.4) is 0 Å². The van der Waals surface area contributed by atoms with E-state index in [1.54, 1.807) is 6.08 Å². The highest BCUT2D eigenvalue weighted by atomic mass is 19.1. The molecule has 5 heteroatoms. The first-order chi connectivity index (χ1) is 9.13. The summed E-state index contributed by atoms with van der Waals surface area (Å²) in [4.78, 5) is 2.00. The summed E-state index contributed by atoms with van der Waals surface area (Å²) in [7, 11) is 0. The van der Waals surface area contributed by atoms with E-state index in [4.69, 9.17) is 0 Å². The van der Waals surface area contributed by atoms with Crippen molar-refractivity contribution in [3.05, 3.63) is 47.8 Å². The van der Waals surface area contributed by atoms with Gasteiger partial charge in [0.25, 0.3) is 0 Å². The molecule has 0 amide bonds. The summed E-state index contributed by atoms with van der Waals surface area (Å²) in [6, 6.07) is 1.04. The highest BCUT2D eigenvalue weighted by Gasteiger charge is 2.27. The fourth-order valence-corrected chi connectivity index (χ4v) is 2.47. The third kappa shape index (κ3) is 3.16. The van der Waals surface area contributed by atoms with Crippen LogP contribution in [0.25, 0.3) is 0 Å². The lowest BCUT2D eigenvalue weighted by atomic mass is 9.99. The Hall–Kier alpha value is -1.33. The van der Waals surface area contributed by atoms with Crippen LogP contribution in [0, 0.1) is 17.5 Å². The third-order valence-corrected chi connectivity index (χ3v) is 3.36. The summed E-state index contributed by atoms with van der Waals surface area (Å²) in [5, 5.41) is 3.19. The van der Waals surface area contributed by atoms with Gasteiger partial charge in [-0.3, -0.25) is 4.90 Å². The highest BCUT2D eigenvalue weighted by molar-refractivity contribution is 5.25. The molecule has 1 atom stereocenters. The number of benzene rings is 1. The van der Waals surface area contributed by atoms with Crippen LogP contribution in [-0.2, 0) is 0 Å². The molecule has 0 unspecified atom stereocenters. The van der Waals surface area contributed by atoms with Crippen LogP contribution in [-0.4, -0.2) is 31.1 Å². The molecule has 1 N–H and O–H groups in total. The van der Waals surface area contributed by atoms with E-state index in [1.165, 1.54) is 0 Å². The Bertz CT molecular complexity index is 433. The molecule has 0 spiro atoms. The fourth-order valence-electron chi connectivity index (χ4n) is 2.47. The minimum atomic E-state index is -0.892. The van der Waals surface area contributed by atoms with Gasteiger partial charge in [-0.1, -0.05) is 6.08 Å². The van der Waals surface area contributed by atoms with E-state index in [0.717, 1.165) is 25.2 Å². The van der Waals surface area contributed by atoms with Crippen LogP contribution < -0.4 is 5.32 Å². The van der Waals surface area contributed by atoms with Crippen LogP contribution in [0.15, 0.2) is 24.8 Å². The quantitative estimate of drug-likeness (QED) is 0.846. The Labute approximate surface area is 110 Å². The molecule has 1 aromatic rings. The van der Waals surface area contributed by atoms with Gasteiger partial charge in [0.2, 0.25) is 0 Å². The van der Waals surface area contributed by atoms with E-state index in [0.29, 0.717) is 19.5 Å². The average molecular weight is 270 g/mol. The lowest BCUT2D eigenvalue weighted by Gasteiger charge is -2.35. The van der Waals surface area contributed by atoms with Crippen molar-refractivity contribution in [1.29, 1.82) is 0 Å². The molecule has 19 heavy (non-hydrogen) atoms. The van der Waals surface area contributed by atoms with Crippen LogP contribution in [0.1, 0.15) is 18.0 Å². The molecule has 2 nitrogen and oxygen atoms in total. The summed E-state index contributed by atoms with van der Waals surface area (Å²) in [5.41, 5.74) is -0.0665. The van der Waals surface area contributed by atoms with Gasteiger partial charge in [0.15, 0.2) is 0 Å². The molecular weight excluding hydrogens is 253 g/mol. The van der Waals surface area contributed by atoms with Gasteiger partial charge < -0.3 is 5.32 Å². The summed E-state index contributed by atoms with van der Waals surface area (Å²) < 4.78 is 40.7. The van der Waals surface area contributed by atoms with Gasteiger partial charge in [0.05, 0.1) is 0 Å². The molecule has 1 aliphatic heterocycles. The van der Waals surface area contributed by atoms with Crippen LogP contribution in [0.4, 0.5) is 13.2 Å². The first-order valence-corrected chi connectivity index (χ1v) is 6.33. The van der Waals surface area contributed by atoms with Crippen molar-refractivity contribution < 1.29 is 13.2 Å². The molecule has 104 valence electrons. The van der Waals surface area contributed by atoms with Gasteiger partial charge in [0, 0.05) is 49.9 Å². The second-order valence-corrected chi connectivity index (χ2v) is 4.61. The predicted octanol–water partition coefficient (Wildman–Crippen LogP) is 2.63. The van der Waals surface area contributed by atoms with Crippen molar-refractivity contribution in [2.24, 2.45) is 0 Å². The molecule has 1 aliphatic rings. The van der Waals surface area contributed by atoms with E-state index >= 15 is 0 Å². The van der Waals surface area contributed by atoms with Gasteiger partial charge in [-0.25, -0.2) is 13.2 Å². The van der Waals surface area contributed by atoms with Gasteiger partial charge in [-0.05, 0) is 6.42 Å². The van der Waals surface area contributed by atoms with Crippen molar-refractivity contribution in [1.82, 2.24) is 10.2 Å². The Morgan fingerprint density at radius 3 is 2.32 bits per heavy atom. The van der Waals surface area contributed by atoms with Crippen molar-refractivity contribution in [3.8, 4) is 0 Å². The summed E-state index contributed by atoms with van der Waals surface area (Å²) in [6.45, 7) is 6.59. The number of hydrogen-bond donors (Lipinski definition) is 1. The van der Waals surface area contributed by atoms with Crippen molar-refractivity contribution >= 4 is 0 Å². The minimum absolute atomic E-state index is 0.0665. The Morgan fingerprint density at radius 2 is 1.79 bits per heavy atom. The molecule has 0 aliphatic carbocycles. The largest absolute Gasteiger partial charge is 0.314 e. The van der Waals surface area contributed by atoms with Crippen LogP contribution in [0.2, 0.25) is 0 Å². The van der Waals surface area contributed by atoms with Crippen molar-refractivity contribution in [2.45, 2.75) is 12.5 Å².